The largest absolute Gasteiger partial charge is 0.474 e. The minimum absolute atomic E-state index is 0.0818. The van der Waals surface area contributed by atoms with Crippen LogP contribution in [0.1, 0.15) is 37.1 Å². The van der Waals surface area contributed by atoms with Crippen LogP contribution in [0.2, 0.25) is 0 Å². The van der Waals surface area contributed by atoms with Crippen molar-refractivity contribution in [3.8, 4) is 5.88 Å². The summed E-state index contributed by atoms with van der Waals surface area (Å²) in [6.07, 6.45) is 3.84. The fourth-order valence-electron chi connectivity index (χ4n) is 2.50. The average molecular weight is 418 g/mol. The SMILES string of the molecule is CCN(C)/C=N/c1cc(Br)c(OC(C)CCc2ccccc2C)nc1C. The molecule has 2 aromatic rings. The van der Waals surface area contributed by atoms with Crippen LogP contribution in [-0.2, 0) is 6.42 Å². The number of hydrogen-bond donors (Lipinski definition) is 0. The van der Waals surface area contributed by atoms with Crippen molar-refractivity contribution >= 4 is 28.0 Å². The summed E-state index contributed by atoms with van der Waals surface area (Å²) in [5, 5.41) is 0. The molecule has 0 aliphatic heterocycles. The number of pyridine rings is 1. The average Bonchev–Trinajstić information content (AvgIpc) is 2.62. The van der Waals surface area contributed by atoms with E-state index in [1.807, 2.05) is 31.3 Å². The highest BCUT2D eigenvalue weighted by Crippen LogP contribution is 2.30. The first-order valence-electron chi connectivity index (χ1n) is 9.03. The maximum Gasteiger partial charge on any atom is 0.228 e. The van der Waals surface area contributed by atoms with Gasteiger partial charge in [0.1, 0.15) is 0 Å². The molecular formula is C21H28BrN3O. The standard InChI is InChI=1S/C21H28BrN3O/c1-6-25(5)14-23-20-13-19(22)21(24-17(20)4)26-16(3)11-12-18-10-8-7-9-15(18)2/h7-10,13-14,16H,6,11-12H2,1-5H3/b23-14+. The van der Waals surface area contributed by atoms with E-state index < -0.39 is 0 Å². The highest BCUT2D eigenvalue weighted by Gasteiger charge is 2.12. The molecule has 1 unspecified atom stereocenters. The van der Waals surface area contributed by atoms with Crippen LogP contribution in [0.3, 0.4) is 0 Å². The fourth-order valence-corrected chi connectivity index (χ4v) is 2.90. The first-order valence-corrected chi connectivity index (χ1v) is 9.82. The molecule has 1 aromatic carbocycles. The molecule has 1 atom stereocenters. The van der Waals surface area contributed by atoms with Crippen molar-refractivity contribution in [2.75, 3.05) is 13.6 Å². The minimum atomic E-state index is 0.0818. The molecule has 4 nitrogen and oxygen atoms in total. The number of ether oxygens (including phenoxy) is 1. The quantitative estimate of drug-likeness (QED) is 0.421. The Labute approximate surface area is 165 Å². The van der Waals surface area contributed by atoms with Gasteiger partial charge in [-0.3, -0.25) is 0 Å². The summed E-state index contributed by atoms with van der Waals surface area (Å²) in [6, 6.07) is 10.5. The molecule has 0 aliphatic carbocycles. The van der Waals surface area contributed by atoms with Gasteiger partial charge >= 0.3 is 0 Å². The fraction of sp³-hybridized carbons (Fsp3) is 0.429. The predicted octanol–water partition coefficient (Wildman–Crippen LogP) is 5.47. The van der Waals surface area contributed by atoms with Crippen LogP contribution in [-0.4, -0.2) is 35.9 Å². The molecule has 0 saturated carbocycles. The highest BCUT2D eigenvalue weighted by molar-refractivity contribution is 9.10. The Morgan fingerprint density at radius 3 is 2.73 bits per heavy atom. The van der Waals surface area contributed by atoms with Crippen molar-refractivity contribution in [3.05, 3.63) is 51.6 Å². The van der Waals surface area contributed by atoms with Gasteiger partial charge < -0.3 is 9.64 Å². The number of aryl methyl sites for hydroxylation is 3. The van der Waals surface area contributed by atoms with E-state index in [0.29, 0.717) is 5.88 Å². The van der Waals surface area contributed by atoms with Gasteiger partial charge in [0.15, 0.2) is 0 Å². The van der Waals surface area contributed by atoms with Gasteiger partial charge in [-0.25, -0.2) is 9.98 Å². The molecule has 0 bridgehead atoms. The van der Waals surface area contributed by atoms with Crippen LogP contribution in [0.15, 0.2) is 39.8 Å². The molecule has 140 valence electrons. The maximum absolute atomic E-state index is 6.07. The van der Waals surface area contributed by atoms with E-state index >= 15 is 0 Å². The summed E-state index contributed by atoms with van der Waals surface area (Å²) < 4.78 is 6.90. The van der Waals surface area contributed by atoms with E-state index in [0.717, 1.165) is 35.2 Å². The number of benzene rings is 1. The molecule has 1 heterocycles. The second kappa shape index (κ2) is 9.72. The van der Waals surface area contributed by atoms with Crippen molar-refractivity contribution in [3.63, 3.8) is 0 Å². The van der Waals surface area contributed by atoms with Crippen molar-refractivity contribution in [2.24, 2.45) is 4.99 Å². The van der Waals surface area contributed by atoms with Crippen LogP contribution < -0.4 is 4.74 Å². The number of hydrogen-bond acceptors (Lipinski definition) is 3. The molecule has 5 heteroatoms. The van der Waals surface area contributed by atoms with Crippen molar-refractivity contribution in [1.29, 1.82) is 0 Å². The zero-order chi connectivity index (χ0) is 19.1. The van der Waals surface area contributed by atoms with E-state index in [9.17, 15) is 0 Å². The Bertz CT molecular complexity index is 761. The third-order valence-corrected chi connectivity index (χ3v) is 4.96. The van der Waals surface area contributed by atoms with Gasteiger partial charge in [0, 0.05) is 13.6 Å². The van der Waals surface area contributed by atoms with Gasteiger partial charge in [0.05, 0.1) is 28.3 Å². The van der Waals surface area contributed by atoms with E-state index in [4.69, 9.17) is 4.74 Å². The van der Waals surface area contributed by atoms with Crippen molar-refractivity contribution in [1.82, 2.24) is 9.88 Å². The van der Waals surface area contributed by atoms with Crippen LogP contribution in [0.25, 0.3) is 0 Å². The van der Waals surface area contributed by atoms with Crippen LogP contribution in [0.5, 0.6) is 5.88 Å². The number of aliphatic imine (C=N–C) groups is 1. The molecule has 1 aromatic heterocycles. The Morgan fingerprint density at radius 1 is 1.31 bits per heavy atom. The van der Waals surface area contributed by atoms with Gasteiger partial charge in [-0.15, -0.1) is 0 Å². The molecule has 0 amide bonds. The Balaban J connectivity index is 2.01. The summed E-state index contributed by atoms with van der Waals surface area (Å²) in [7, 11) is 1.99. The first-order chi connectivity index (χ1) is 12.4. The molecular weight excluding hydrogens is 390 g/mol. The second-order valence-electron chi connectivity index (χ2n) is 6.59. The number of halogens is 1. The Hall–Kier alpha value is -1.88. The third-order valence-electron chi connectivity index (χ3n) is 4.39. The summed E-state index contributed by atoms with van der Waals surface area (Å²) in [6.45, 7) is 9.19. The molecule has 0 spiro atoms. The van der Waals surface area contributed by atoms with E-state index in [1.54, 1.807) is 0 Å². The summed E-state index contributed by atoms with van der Waals surface area (Å²) >= 11 is 3.57. The summed E-state index contributed by atoms with van der Waals surface area (Å²) in [5.74, 6) is 0.627. The lowest BCUT2D eigenvalue weighted by Crippen LogP contribution is -2.15. The lowest BCUT2D eigenvalue weighted by atomic mass is 10.0. The molecule has 26 heavy (non-hydrogen) atoms. The van der Waals surface area contributed by atoms with Crippen LogP contribution in [0.4, 0.5) is 5.69 Å². The monoisotopic (exact) mass is 417 g/mol. The van der Waals surface area contributed by atoms with Crippen LogP contribution >= 0.6 is 15.9 Å². The molecule has 2 rings (SSSR count). The van der Waals surface area contributed by atoms with Crippen LogP contribution in [0, 0.1) is 13.8 Å². The van der Waals surface area contributed by atoms with Crippen molar-refractivity contribution in [2.45, 2.75) is 46.6 Å². The Morgan fingerprint density at radius 2 is 2.04 bits per heavy atom. The number of rotatable bonds is 8. The van der Waals surface area contributed by atoms with Gasteiger partial charge in [-0.1, -0.05) is 24.3 Å². The molecule has 0 saturated heterocycles. The second-order valence-corrected chi connectivity index (χ2v) is 7.45. The van der Waals surface area contributed by atoms with E-state index in [-0.39, 0.29) is 6.10 Å². The third kappa shape index (κ3) is 5.84. The highest BCUT2D eigenvalue weighted by atomic mass is 79.9. The first kappa shape index (κ1) is 20.4. The zero-order valence-electron chi connectivity index (χ0n) is 16.3. The molecule has 0 radical (unpaired) electrons. The topological polar surface area (TPSA) is 37.7 Å². The number of aromatic nitrogens is 1. The van der Waals surface area contributed by atoms with Gasteiger partial charge in [-0.2, -0.15) is 0 Å². The molecule has 0 N–H and O–H groups in total. The molecule has 0 fully saturated rings. The molecule has 0 aliphatic rings. The van der Waals surface area contributed by atoms with E-state index in [2.05, 4.69) is 70.9 Å². The Kier molecular flexibility index (Phi) is 7.64. The van der Waals surface area contributed by atoms with Gasteiger partial charge in [-0.05, 0) is 73.7 Å². The maximum atomic E-state index is 6.07. The van der Waals surface area contributed by atoms with E-state index in [1.165, 1.54) is 11.1 Å². The number of nitrogens with zero attached hydrogens (tertiary/aromatic N) is 3. The summed E-state index contributed by atoms with van der Waals surface area (Å²) in [4.78, 5) is 11.1. The zero-order valence-corrected chi connectivity index (χ0v) is 17.9. The lowest BCUT2D eigenvalue weighted by Gasteiger charge is -2.17. The smallest absolute Gasteiger partial charge is 0.228 e. The van der Waals surface area contributed by atoms with Crippen molar-refractivity contribution < 1.29 is 4.74 Å². The lowest BCUT2D eigenvalue weighted by molar-refractivity contribution is 0.201. The summed E-state index contributed by atoms with van der Waals surface area (Å²) in [5.41, 5.74) is 4.40. The predicted molar refractivity (Wildman–Crippen MR) is 113 cm³/mol. The van der Waals surface area contributed by atoms with Gasteiger partial charge in [0.2, 0.25) is 5.88 Å². The normalized spacial score (nSPS) is 12.4. The van der Waals surface area contributed by atoms with Gasteiger partial charge in [0.25, 0.3) is 0 Å². The minimum Gasteiger partial charge on any atom is -0.474 e.